The van der Waals surface area contributed by atoms with Crippen molar-refractivity contribution in [3.05, 3.63) is 29.8 Å². The van der Waals surface area contributed by atoms with Gasteiger partial charge in [-0.15, -0.1) is 0 Å². The number of hydrogen-bond donors (Lipinski definition) is 2. The van der Waals surface area contributed by atoms with E-state index in [0.717, 1.165) is 24.2 Å². The van der Waals surface area contributed by atoms with E-state index < -0.39 is 11.4 Å². The summed E-state index contributed by atoms with van der Waals surface area (Å²) in [7, 11) is 0. The minimum atomic E-state index is -0.924. The Labute approximate surface area is 166 Å². The molecule has 0 bridgehead atoms. The van der Waals surface area contributed by atoms with Crippen molar-refractivity contribution < 1.29 is 19.4 Å². The van der Waals surface area contributed by atoms with E-state index in [1.54, 1.807) is 0 Å². The fourth-order valence-electron chi connectivity index (χ4n) is 5.09. The van der Waals surface area contributed by atoms with Crippen LogP contribution in [0.5, 0.6) is 5.75 Å². The van der Waals surface area contributed by atoms with E-state index in [4.69, 9.17) is 4.74 Å². The number of carboxylic acids is 1. The van der Waals surface area contributed by atoms with Gasteiger partial charge in [-0.25, -0.2) is 0 Å². The van der Waals surface area contributed by atoms with Crippen LogP contribution in [0.25, 0.3) is 0 Å². The third kappa shape index (κ3) is 3.75. The Morgan fingerprint density at radius 2 is 1.93 bits per heavy atom. The van der Waals surface area contributed by atoms with Crippen LogP contribution >= 0.6 is 0 Å². The number of ether oxygens (including phenoxy) is 1. The molecule has 0 aromatic heterocycles. The zero-order valence-electron chi connectivity index (χ0n) is 16.4. The lowest BCUT2D eigenvalue weighted by molar-refractivity contribution is -0.151. The van der Waals surface area contributed by atoms with E-state index in [0.29, 0.717) is 32.1 Å². The van der Waals surface area contributed by atoms with Crippen molar-refractivity contribution in [1.82, 2.24) is 10.2 Å². The SMILES string of the molecule is O=C(CCN1CC2c3ccccc3OC[C@]2(C(=O)O)C1)NC1CCCCCC1. The number of benzene rings is 1. The van der Waals surface area contributed by atoms with Crippen molar-refractivity contribution in [3.63, 3.8) is 0 Å². The summed E-state index contributed by atoms with van der Waals surface area (Å²) in [6, 6.07) is 8.03. The van der Waals surface area contributed by atoms with Crippen LogP contribution in [0.15, 0.2) is 24.3 Å². The Morgan fingerprint density at radius 3 is 2.68 bits per heavy atom. The summed E-state index contributed by atoms with van der Waals surface area (Å²) in [6.45, 7) is 1.86. The topological polar surface area (TPSA) is 78.9 Å². The Bertz CT molecular complexity index is 729. The molecule has 1 aliphatic carbocycles. The van der Waals surface area contributed by atoms with Crippen molar-refractivity contribution in [3.8, 4) is 5.75 Å². The van der Waals surface area contributed by atoms with Crippen molar-refractivity contribution in [2.45, 2.75) is 56.9 Å². The first kappa shape index (κ1) is 19.2. The molecule has 3 aliphatic rings. The number of aliphatic carboxylic acids is 1. The van der Waals surface area contributed by atoms with Crippen LogP contribution in [0.4, 0.5) is 0 Å². The van der Waals surface area contributed by atoms with Gasteiger partial charge in [0.15, 0.2) is 0 Å². The summed E-state index contributed by atoms with van der Waals surface area (Å²) in [5.41, 5.74) is 0.0492. The van der Waals surface area contributed by atoms with Crippen LogP contribution in [-0.2, 0) is 9.59 Å². The fourth-order valence-corrected chi connectivity index (χ4v) is 5.09. The van der Waals surface area contributed by atoms with Gasteiger partial charge in [-0.3, -0.25) is 9.59 Å². The Hall–Kier alpha value is -2.08. The van der Waals surface area contributed by atoms with Gasteiger partial charge in [0.2, 0.25) is 5.91 Å². The molecular formula is C22H30N2O4. The minimum absolute atomic E-state index is 0.0859. The number of carbonyl (C=O) groups excluding carboxylic acids is 1. The number of para-hydroxylation sites is 1. The molecule has 1 unspecified atom stereocenters. The van der Waals surface area contributed by atoms with Crippen LogP contribution < -0.4 is 10.1 Å². The quantitative estimate of drug-likeness (QED) is 0.761. The molecule has 6 heteroatoms. The highest BCUT2D eigenvalue weighted by Crippen LogP contribution is 2.49. The van der Waals surface area contributed by atoms with Crippen molar-refractivity contribution in [2.75, 3.05) is 26.2 Å². The molecule has 2 heterocycles. The molecular weight excluding hydrogens is 356 g/mol. The van der Waals surface area contributed by atoms with Gasteiger partial charge in [-0.2, -0.15) is 0 Å². The van der Waals surface area contributed by atoms with Gasteiger partial charge < -0.3 is 20.1 Å². The summed E-state index contributed by atoms with van der Waals surface area (Å²) >= 11 is 0. The average Bonchev–Trinajstić information content (AvgIpc) is 2.91. The average molecular weight is 386 g/mol. The minimum Gasteiger partial charge on any atom is -0.492 e. The molecule has 6 nitrogen and oxygen atoms in total. The molecule has 1 aromatic rings. The highest BCUT2D eigenvalue weighted by atomic mass is 16.5. The number of carboxylic acid groups (broad SMARTS) is 1. The van der Waals surface area contributed by atoms with Gasteiger partial charge in [0, 0.05) is 38.0 Å². The van der Waals surface area contributed by atoms with E-state index in [2.05, 4.69) is 10.2 Å². The molecule has 1 saturated heterocycles. The van der Waals surface area contributed by atoms with Gasteiger partial charge >= 0.3 is 5.97 Å². The molecule has 1 aromatic carbocycles. The molecule has 28 heavy (non-hydrogen) atoms. The molecule has 1 amide bonds. The third-order valence-corrected chi connectivity index (χ3v) is 6.69. The number of carbonyl (C=O) groups is 2. The molecule has 2 aliphatic heterocycles. The summed E-state index contributed by atoms with van der Waals surface area (Å²) in [5, 5.41) is 13.2. The second-order valence-electron chi connectivity index (χ2n) is 8.58. The number of fused-ring (bicyclic) bond motifs is 3. The Balaban J connectivity index is 1.38. The van der Waals surface area contributed by atoms with Crippen LogP contribution in [0, 0.1) is 5.41 Å². The molecule has 2 N–H and O–H groups in total. The van der Waals surface area contributed by atoms with Gasteiger partial charge in [-0.05, 0) is 24.5 Å². The predicted molar refractivity (Wildman–Crippen MR) is 105 cm³/mol. The fraction of sp³-hybridized carbons (Fsp3) is 0.636. The maximum atomic E-state index is 12.4. The zero-order valence-corrected chi connectivity index (χ0v) is 16.4. The first-order chi connectivity index (χ1) is 13.6. The van der Waals surface area contributed by atoms with Crippen LogP contribution in [0.3, 0.4) is 0 Å². The normalized spacial score (nSPS) is 27.9. The largest absolute Gasteiger partial charge is 0.492 e. The molecule has 4 rings (SSSR count). The summed E-state index contributed by atoms with van der Waals surface area (Å²) in [4.78, 5) is 26.7. The number of nitrogens with zero attached hydrogens (tertiary/aromatic N) is 1. The molecule has 1 saturated carbocycles. The standard InChI is InChI=1S/C22H30N2O4/c25-20(23-16-7-3-1-2-4-8-16)11-12-24-13-18-17-9-5-6-10-19(17)28-15-22(18,14-24)21(26)27/h5-6,9-10,16,18H,1-4,7-8,11-15H2,(H,23,25)(H,26,27)/t18?,22-/m1/s1. The first-order valence-electron chi connectivity index (χ1n) is 10.6. The van der Waals surface area contributed by atoms with Crippen molar-refractivity contribution >= 4 is 11.9 Å². The highest BCUT2D eigenvalue weighted by Gasteiger charge is 2.56. The Kier molecular flexibility index (Phi) is 5.58. The first-order valence-corrected chi connectivity index (χ1v) is 10.6. The monoisotopic (exact) mass is 386 g/mol. The smallest absolute Gasteiger partial charge is 0.315 e. The molecule has 2 atom stereocenters. The van der Waals surface area contributed by atoms with Gasteiger partial charge in [-0.1, -0.05) is 43.9 Å². The van der Waals surface area contributed by atoms with Gasteiger partial charge in [0.05, 0.1) is 0 Å². The maximum Gasteiger partial charge on any atom is 0.315 e. The molecule has 0 spiro atoms. The zero-order chi connectivity index (χ0) is 19.6. The van der Waals surface area contributed by atoms with E-state index in [1.165, 1.54) is 25.7 Å². The lowest BCUT2D eigenvalue weighted by Crippen LogP contribution is -2.45. The lowest BCUT2D eigenvalue weighted by atomic mass is 9.73. The highest BCUT2D eigenvalue weighted by molar-refractivity contribution is 5.79. The van der Waals surface area contributed by atoms with Crippen LogP contribution in [-0.4, -0.2) is 54.2 Å². The molecule has 152 valence electrons. The summed E-state index contributed by atoms with van der Waals surface area (Å²) < 4.78 is 5.80. The van der Waals surface area contributed by atoms with E-state index in [9.17, 15) is 14.7 Å². The molecule has 0 radical (unpaired) electrons. The third-order valence-electron chi connectivity index (χ3n) is 6.69. The second-order valence-corrected chi connectivity index (χ2v) is 8.58. The summed E-state index contributed by atoms with van der Waals surface area (Å²) in [5.74, 6) is -0.0302. The van der Waals surface area contributed by atoms with Crippen LogP contribution in [0.2, 0.25) is 0 Å². The van der Waals surface area contributed by atoms with Crippen molar-refractivity contribution in [1.29, 1.82) is 0 Å². The summed E-state index contributed by atoms with van der Waals surface area (Å²) in [6.07, 6.45) is 7.49. The maximum absolute atomic E-state index is 12.4. The number of hydrogen-bond acceptors (Lipinski definition) is 4. The van der Waals surface area contributed by atoms with Gasteiger partial charge in [0.25, 0.3) is 0 Å². The van der Waals surface area contributed by atoms with Crippen LogP contribution in [0.1, 0.15) is 56.4 Å². The molecule has 2 fully saturated rings. The van der Waals surface area contributed by atoms with E-state index in [-0.39, 0.29) is 18.4 Å². The van der Waals surface area contributed by atoms with E-state index >= 15 is 0 Å². The number of rotatable bonds is 5. The second kappa shape index (κ2) is 8.11. The number of amides is 1. The Morgan fingerprint density at radius 1 is 1.18 bits per heavy atom. The lowest BCUT2D eigenvalue weighted by Gasteiger charge is -2.35. The van der Waals surface area contributed by atoms with E-state index in [1.807, 2.05) is 24.3 Å². The van der Waals surface area contributed by atoms with Gasteiger partial charge in [0.1, 0.15) is 17.8 Å². The predicted octanol–water partition coefficient (Wildman–Crippen LogP) is 2.78. The number of likely N-dealkylation sites (tertiary alicyclic amines) is 1. The number of nitrogens with one attached hydrogen (secondary N) is 1. The van der Waals surface area contributed by atoms with Crippen molar-refractivity contribution in [2.24, 2.45) is 5.41 Å².